The van der Waals surface area contributed by atoms with Crippen molar-refractivity contribution in [3.63, 3.8) is 0 Å². The fourth-order valence-corrected chi connectivity index (χ4v) is 4.97. The number of ether oxygens (including phenoxy) is 1. The fourth-order valence-electron chi connectivity index (χ4n) is 3.93. The molecule has 2 amide bonds. The molecule has 0 aliphatic carbocycles. The Labute approximate surface area is 229 Å². The summed E-state index contributed by atoms with van der Waals surface area (Å²) in [5.74, 6) is -1.15. The quantitative estimate of drug-likeness (QED) is 0.270. The van der Waals surface area contributed by atoms with Gasteiger partial charge in [0, 0.05) is 47.0 Å². The van der Waals surface area contributed by atoms with E-state index in [1.54, 1.807) is 6.07 Å². The van der Waals surface area contributed by atoms with E-state index < -0.39 is 45.8 Å². The van der Waals surface area contributed by atoms with Gasteiger partial charge in [-0.1, -0.05) is 23.9 Å². The zero-order valence-corrected chi connectivity index (χ0v) is 21.4. The number of morpholine rings is 1. The van der Waals surface area contributed by atoms with Gasteiger partial charge in [-0.25, -0.2) is 0 Å². The van der Waals surface area contributed by atoms with E-state index in [2.05, 4.69) is 10.3 Å². The van der Waals surface area contributed by atoms with E-state index in [0.717, 1.165) is 24.3 Å². The van der Waals surface area contributed by atoms with Gasteiger partial charge in [0.2, 0.25) is 5.91 Å². The topological polar surface area (TPSA) is 71.5 Å². The largest absolute Gasteiger partial charge is 0.418 e. The molecule has 3 aromatic rings. The third kappa shape index (κ3) is 7.21. The molecule has 13 heteroatoms. The Hall–Kier alpha value is -3.84. The number of rotatable bonds is 6. The van der Waals surface area contributed by atoms with E-state index in [0.29, 0.717) is 11.8 Å². The lowest BCUT2D eigenvalue weighted by atomic mass is 9.99. The second-order valence-electron chi connectivity index (χ2n) is 8.50. The number of alkyl halides is 6. The molecule has 2 heterocycles. The molecule has 0 bridgehead atoms. The van der Waals surface area contributed by atoms with Crippen LogP contribution in [0.2, 0.25) is 0 Å². The SMILES string of the molecule is O=C(Nc1cccc(Sc2ccc(/C=C/C(=O)N3CCOCC3)c(C(F)(F)F)c2C(F)(F)F)c1)c1cccnc1. The van der Waals surface area contributed by atoms with Crippen molar-refractivity contribution in [3.05, 3.63) is 89.3 Å². The number of pyridine rings is 1. The maximum atomic E-state index is 14.2. The minimum absolute atomic E-state index is 0.161. The summed E-state index contributed by atoms with van der Waals surface area (Å²) >= 11 is 0.467. The van der Waals surface area contributed by atoms with Crippen molar-refractivity contribution < 1.29 is 40.7 Å². The van der Waals surface area contributed by atoms with Gasteiger partial charge in [0.25, 0.3) is 5.91 Å². The minimum atomic E-state index is -5.37. The van der Waals surface area contributed by atoms with Crippen LogP contribution >= 0.6 is 11.8 Å². The number of carbonyl (C=O) groups is 2. The number of halogens is 6. The first-order chi connectivity index (χ1) is 18.9. The first kappa shape index (κ1) is 29.2. The Balaban J connectivity index is 1.67. The number of benzene rings is 2. The summed E-state index contributed by atoms with van der Waals surface area (Å²) in [5, 5.41) is 2.58. The van der Waals surface area contributed by atoms with Gasteiger partial charge in [-0.15, -0.1) is 0 Å². The molecule has 0 saturated carbocycles. The normalized spacial score (nSPS) is 14.4. The molecule has 0 spiro atoms. The summed E-state index contributed by atoms with van der Waals surface area (Å²) < 4.78 is 89.9. The third-order valence-corrected chi connectivity index (χ3v) is 6.79. The lowest BCUT2D eigenvalue weighted by molar-refractivity contribution is -0.163. The molecule has 6 nitrogen and oxygen atoms in total. The fraction of sp³-hybridized carbons (Fsp3) is 0.222. The Bertz CT molecular complexity index is 1400. The third-order valence-electron chi connectivity index (χ3n) is 5.74. The number of aromatic nitrogens is 1. The highest BCUT2D eigenvalue weighted by Gasteiger charge is 2.46. The number of nitrogens with zero attached hydrogens (tertiary/aromatic N) is 2. The molecule has 1 saturated heterocycles. The highest BCUT2D eigenvalue weighted by atomic mass is 32.2. The predicted molar refractivity (Wildman–Crippen MR) is 136 cm³/mol. The van der Waals surface area contributed by atoms with E-state index >= 15 is 0 Å². The molecule has 0 radical (unpaired) electrons. The molecule has 1 aliphatic rings. The lowest BCUT2D eigenvalue weighted by Crippen LogP contribution is -2.39. The van der Waals surface area contributed by atoms with E-state index in [9.17, 15) is 35.9 Å². The van der Waals surface area contributed by atoms with Gasteiger partial charge in [-0.3, -0.25) is 14.6 Å². The molecular formula is C27H21F6N3O3S. The van der Waals surface area contributed by atoms with Gasteiger partial charge in [0.1, 0.15) is 0 Å². The zero-order chi connectivity index (χ0) is 28.9. The minimum Gasteiger partial charge on any atom is -0.378 e. The first-order valence-electron chi connectivity index (χ1n) is 11.8. The van der Waals surface area contributed by atoms with Crippen LogP contribution in [0.15, 0.2) is 76.8 Å². The van der Waals surface area contributed by atoms with Crippen LogP contribution in [0.1, 0.15) is 27.0 Å². The number of nitrogens with one attached hydrogen (secondary N) is 1. The van der Waals surface area contributed by atoms with Crippen LogP contribution in [0, 0.1) is 0 Å². The number of hydrogen-bond donors (Lipinski definition) is 1. The second kappa shape index (κ2) is 12.1. The highest BCUT2D eigenvalue weighted by Crippen LogP contribution is 2.48. The predicted octanol–water partition coefficient (Wildman–Crippen LogP) is 6.39. The molecule has 40 heavy (non-hydrogen) atoms. The molecule has 4 rings (SSSR count). The van der Waals surface area contributed by atoms with Crippen molar-refractivity contribution >= 4 is 35.3 Å². The van der Waals surface area contributed by atoms with Crippen molar-refractivity contribution in [1.29, 1.82) is 0 Å². The maximum Gasteiger partial charge on any atom is 0.418 e. The zero-order valence-electron chi connectivity index (χ0n) is 20.6. The maximum absolute atomic E-state index is 14.2. The van der Waals surface area contributed by atoms with Crippen molar-refractivity contribution in [2.24, 2.45) is 0 Å². The van der Waals surface area contributed by atoms with Crippen LogP contribution in [-0.4, -0.2) is 48.0 Å². The summed E-state index contributed by atoms with van der Waals surface area (Å²) in [5.41, 5.74) is -4.08. The Morgan fingerprint density at radius 2 is 1.68 bits per heavy atom. The Kier molecular flexibility index (Phi) is 8.84. The van der Waals surface area contributed by atoms with Crippen LogP contribution in [0.3, 0.4) is 0 Å². The molecule has 0 atom stereocenters. The molecule has 1 fully saturated rings. The molecular weight excluding hydrogens is 560 g/mol. The first-order valence-corrected chi connectivity index (χ1v) is 12.6. The summed E-state index contributed by atoms with van der Waals surface area (Å²) in [6.07, 6.45) is -6.35. The molecule has 1 aromatic heterocycles. The smallest absolute Gasteiger partial charge is 0.378 e. The Morgan fingerprint density at radius 3 is 2.33 bits per heavy atom. The number of hydrogen-bond acceptors (Lipinski definition) is 5. The number of carbonyl (C=O) groups excluding carboxylic acids is 2. The van der Waals surface area contributed by atoms with E-state index in [-0.39, 0.29) is 42.4 Å². The number of amides is 2. The van der Waals surface area contributed by atoms with Crippen molar-refractivity contribution in [1.82, 2.24) is 9.88 Å². The monoisotopic (exact) mass is 581 g/mol. The molecule has 1 N–H and O–H groups in total. The molecule has 2 aromatic carbocycles. The van der Waals surface area contributed by atoms with Crippen LogP contribution in [-0.2, 0) is 21.9 Å². The van der Waals surface area contributed by atoms with Crippen molar-refractivity contribution in [3.8, 4) is 0 Å². The van der Waals surface area contributed by atoms with E-state index in [1.165, 1.54) is 47.6 Å². The average molecular weight is 582 g/mol. The highest BCUT2D eigenvalue weighted by molar-refractivity contribution is 7.99. The van der Waals surface area contributed by atoms with Crippen molar-refractivity contribution in [2.45, 2.75) is 22.1 Å². The second-order valence-corrected chi connectivity index (χ2v) is 9.61. The van der Waals surface area contributed by atoms with Crippen LogP contribution in [0.4, 0.5) is 32.0 Å². The van der Waals surface area contributed by atoms with Gasteiger partial charge in [0.05, 0.1) is 29.9 Å². The van der Waals surface area contributed by atoms with Crippen LogP contribution in [0.5, 0.6) is 0 Å². The molecule has 210 valence electrons. The van der Waals surface area contributed by atoms with Gasteiger partial charge in [-0.05, 0) is 48.0 Å². The standard InChI is InChI=1S/C27H21F6N3O3S/c28-26(29,30)23-17(7-9-22(37)36-11-13-39-14-12-36)6-8-21(24(23)27(31,32)33)40-20-5-1-4-19(15-20)35-25(38)18-3-2-10-34-16-18/h1-10,15-16H,11-14H2,(H,35,38)/b9-7+. The number of anilines is 1. The summed E-state index contributed by atoms with van der Waals surface area (Å²) in [6.45, 7) is 0.957. The summed E-state index contributed by atoms with van der Waals surface area (Å²) in [7, 11) is 0. The van der Waals surface area contributed by atoms with Crippen LogP contribution in [0.25, 0.3) is 6.08 Å². The van der Waals surface area contributed by atoms with E-state index in [1.807, 2.05) is 0 Å². The van der Waals surface area contributed by atoms with Gasteiger partial charge < -0.3 is 15.0 Å². The van der Waals surface area contributed by atoms with Crippen LogP contribution < -0.4 is 5.32 Å². The van der Waals surface area contributed by atoms with E-state index in [4.69, 9.17) is 4.74 Å². The Morgan fingerprint density at radius 1 is 0.950 bits per heavy atom. The lowest BCUT2D eigenvalue weighted by Gasteiger charge is -2.25. The summed E-state index contributed by atoms with van der Waals surface area (Å²) in [6, 6.07) is 10.6. The molecule has 1 aliphatic heterocycles. The van der Waals surface area contributed by atoms with Gasteiger partial charge in [0.15, 0.2) is 0 Å². The molecule has 0 unspecified atom stereocenters. The van der Waals surface area contributed by atoms with Gasteiger partial charge in [-0.2, -0.15) is 26.3 Å². The summed E-state index contributed by atoms with van der Waals surface area (Å²) in [4.78, 5) is 29.4. The van der Waals surface area contributed by atoms with Crippen molar-refractivity contribution in [2.75, 3.05) is 31.6 Å². The average Bonchev–Trinajstić information content (AvgIpc) is 2.92. The van der Waals surface area contributed by atoms with Gasteiger partial charge >= 0.3 is 12.4 Å².